The SMILES string of the molecule is O=C(CN1CCN(c2ccc(Cl)cc2[N+](=O)[O-])CC1)N1CCc2ccccc2C1. The van der Waals surface area contributed by atoms with Gasteiger partial charge in [0.25, 0.3) is 5.69 Å². The summed E-state index contributed by atoms with van der Waals surface area (Å²) >= 11 is 5.91. The zero-order valence-corrected chi connectivity index (χ0v) is 16.8. The third-order valence-corrected chi connectivity index (χ3v) is 5.92. The molecule has 0 unspecified atom stereocenters. The zero-order valence-electron chi connectivity index (χ0n) is 16.1. The van der Waals surface area contributed by atoms with Crippen LogP contribution >= 0.6 is 11.6 Å². The van der Waals surface area contributed by atoms with E-state index in [0.717, 1.165) is 13.0 Å². The summed E-state index contributed by atoms with van der Waals surface area (Å²) in [4.78, 5) is 29.8. The van der Waals surface area contributed by atoms with Crippen LogP contribution in [0.15, 0.2) is 42.5 Å². The number of nitrogens with zero attached hydrogens (tertiary/aromatic N) is 4. The average molecular weight is 415 g/mol. The van der Waals surface area contributed by atoms with Gasteiger partial charge in [0.1, 0.15) is 5.69 Å². The standard InChI is InChI=1S/C21H23ClN4O3/c22-18-5-6-19(20(13-18)26(28)29)24-11-9-23(10-12-24)15-21(27)25-8-7-16-3-1-2-4-17(16)14-25/h1-6,13H,7-12,14-15H2. The quantitative estimate of drug-likeness (QED) is 0.568. The Morgan fingerprint density at radius 3 is 2.48 bits per heavy atom. The van der Waals surface area contributed by atoms with Crippen LogP contribution in [0.2, 0.25) is 5.02 Å². The van der Waals surface area contributed by atoms with Crippen LogP contribution in [0.3, 0.4) is 0 Å². The van der Waals surface area contributed by atoms with Crippen LogP contribution < -0.4 is 4.90 Å². The second-order valence-corrected chi connectivity index (χ2v) is 7.92. The number of hydrogen-bond acceptors (Lipinski definition) is 5. The van der Waals surface area contributed by atoms with Gasteiger partial charge in [-0.3, -0.25) is 19.8 Å². The Morgan fingerprint density at radius 1 is 1.03 bits per heavy atom. The third kappa shape index (κ3) is 4.36. The molecule has 2 aromatic rings. The fraction of sp³-hybridized carbons (Fsp3) is 0.381. The maximum Gasteiger partial charge on any atom is 0.294 e. The highest BCUT2D eigenvalue weighted by atomic mass is 35.5. The van der Waals surface area contributed by atoms with E-state index in [-0.39, 0.29) is 11.6 Å². The number of benzene rings is 2. The van der Waals surface area contributed by atoms with Gasteiger partial charge < -0.3 is 9.80 Å². The minimum atomic E-state index is -0.398. The molecule has 0 saturated carbocycles. The van der Waals surface area contributed by atoms with Crippen LogP contribution in [0.4, 0.5) is 11.4 Å². The van der Waals surface area contributed by atoms with Crippen LogP contribution in [0.5, 0.6) is 0 Å². The molecule has 0 aliphatic carbocycles. The fourth-order valence-electron chi connectivity index (χ4n) is 4.06. The van der Waals surface area contributed by atoms with Gasteiger partial charge >= 0.3 is 0 Å². The number of rotatable bonds is 4. The lowest BCUT2D eigenvalue weighted by atomic mass is 10.00. The van der Waals surface area contributed by atoms with Crippen LogP contribution in [-0.4, -0.2) is 59.9 Å². The first kappa shape index (κ1) is 19.7. The normalized spacial score (nSPS) is 17.1. The molecule has 2 heterocycles. The zero-order chi connectivity index (χ0) is 20.4. The molecule has 2 aliphatic rings. The van der Waals surface area contributed by atoms with E-state index in [1.807, 2.05) is 21.9 Å². The van der Waals surface area contributed by atoms with Gasteiger partial charge in [-0.1, -0.05) is 35.9 Å². The molecule has 29 heavy (non-hydrogen) atoms. The first-order valence-corrected chi connectivity index (χ1v) is 10.1. The number of amides is 1. The Morgan fingerprint density at radius 2 is 1.76 bits per heavy atom. The van der Waals surface area contributed by atoms with Crippen molar-refractivity contribution in [2.45, 2.75) is 13.0 Å². The summed E-state index contributed by atoms with van der Waals surface area (Å²) in [6.45, 7) is 4.47. The number of nitro benzene ring substituents is 1. The van der Waals surface area contributed by atoms with Gasteiger partial charge in [-0.2, -0.15) is 0 Å². The van der Waals surface area contributed by atoms with Crippen LogP contribution in [0, 0.1) is 10.1 Å². The van der Waals surface area contributed by atoms with Crippen LogP contribution in [0.25, 0.3) is 0 Å². The second-order valence-electron chi connectivity index (χ2n) is 7.49. The van der Waals surface area contributed by atoms with Crippen LogP contribution in [0.1, 0.15) is 11.1 Å². The first-order valence-electron chi connectivity index (χ1n) is 9.77. The summed E-state index contributed by atoms with van der Waals surface area (Å²) in [6, 6.07) is 13.0. The molecule has 152 valence electrons. The molecular weight excluding hydrogens is 392 g/mol. The number of anilines is 1. The average Bonchev–Trinajstić information content (AvgIpc) is 2.74. The number of carbonyl (C=O) groups excluding carboxylic acids is 1. The summed E-state index contributed by atoms with van der Waals surface area (Å²) in [5.41, 5.74) is 3.16. The van der Waals surface area contributed by atoms with Gasteiger partial charge in [0.2, 0.25) is 5.91 Å². The van der Waals surface area contributed by atoms with E-state index in [9.17, 15) is 14.9 Å². The Kier molecular flexibility index (Phi) is 5.69. The Bertz CT molecular complexity index is 928. The maximum atomic E-state index is 12.8. The lowest BCUT2D eigenvalue weighted by Crippen LogP contribution is -2.50. The first-order chi connectivity index (χ1) is 14.0. The predicted octanol–water partition coefficient (Wildman–Crippen LogP) is 2.96. The molecule has 0 spiro atoms. The van der Waals surface area contributed by atoms with Crippen molar-refractivity contribution in [3.8, 4) is 0 Å². The molecule has 0 bridgehead atoms. The number of piperazine rings is 1. The molecule has 7 nitrogen and oxygen atoms in total. The molecule has 1 fully saturated rings. The van der Waals surface area contributed by atoms with Gasteiger partial charge in [-0.05, 0) is 29.7 Å². The molecule has 2 aliphatic heterocycles. The smallest absolute Gasteiger partial charge is 0.294 e. The fourth-order valence-corrected chi connectivity index (χ4v) is 4.22. The van der Waals surface area contributed by atoms with Gasteiger partial charge in [-0.25, -0.2) is 0 Å². The molecule has 1 saturated heterocycles. The van der Waals surface area contributed by atoms with E-state index in [2.05, 4.69) is 17.0 Å². The number of nitro groups is 1. The number of hydrogen-bond donors (Lipinski definition) is 0. The van der Waals surface area contributed by atoms with Crippen molar-refractivity contribution < 1.29 is 9.72 Å². The summed E-state index contributed by atoms with van der Waals surface area (Å²) in [7, 11) is 0. The number of carbonyl (C=O) groups is 1. The highest BCUT2D eigenvalue weighted by Gasteiger charge is 2.27. The minimum Gasteiger partial charge on any atom is -0.363 e. The third-order valence-electron chi connectivity index (χ3n) is 5.69. The van der Waals surface area contributed by atoms with Crippen molar-refractivity contribution in [2.75, 3.05) is 44.2 Å². The van der Waals surface area contributed by atoms with Gasteiger partial charge in [0.15, 0.2) is 0 Å². The molecule has 1 amide bonds. The van der Waals surface area contributed by atoms with Gasteiger partial charge in [-0.15, -0.1) is 0 Å². The van der Waals surface area contributed by atoms with Gasteiger partial charge in [0.05, 0.1) is 11.5 Å². The molecule has 0 atom stereocenters. The molecule has 0 aromatic heterocycles. The molecule has 0 radical (unpaired) electrons. The monoisotopic (exact) mass is 414 g/mol. The summed E-state index contributed by atoms with van der Waals surface area (Å²) in [6.07, 6.45) is 0.899. The second kappa shape index (κ2) is 8.39. The van der Waals surface area contributed by atoms with E-state index in [0.29, 0.717) is 50.0 Å². The van der Waals surface area contributed by atoms with Crippen molar-refractivity contribution in [2.24, 2.45) is 0 Å². The van der Waals surface area contributed by atoms with E-state index < -0.39 is 4.92 Å². The summed E-state index contributed by atoms with van der Waals surface area (Å²) in [5, 5.41) is 11.7. The molecule has 8 heteroatoms. The molecule has 4 rings (SSSR count). The van der Waals surface area contributed by atoms with Gasteiger partial charge in [0, 0.05) is 50.4 Å². The molecule has 0 N–H and O–H groups in total. The van der Waals surface area contributed by atoms with Crippen molar-refractivity contribution in [1.82, 2.24) is 9.80 Å². The lowest BCUT2D eigenvalue weighted by molar-refractivity contribution is -0.384. The number of fused-ring (bicyclic) bond motifs is 1. The Hall–Kier alpha value is -2.64. The topological polar surface area (TPSA) is 69.9 Å². The Labute approximate surface area is 174 Å². The van der Waals surface area contributed by atoms with E-state index in [4.69, 9.17) is 11.6 Å². The highest BCUT2D eigenvalue weighted by Crippen LogP contribution is 2.31. The van der Waals surface area contributed by atoms with Crippen molar-refractivity contribution >= 4 is 28.9 Å². The predicted molar refractivity (Wildman–Crippen MR) is 112 cm³/mol. The summed E-state index contributed by atoms with van der Waals surface area (Å²) in [5.74, 6) is 0.144. The largest absolute Gasteiger partial charge is 0.363 e. The highest BCUT2D eigenvalue weighted by molar-refractivity contribution is 6.30. The summed E-state index contributed by atoms with van der Waals surface area (Å²) < 4.78 is 0. The van der Waals surface area contributed by atoms with Crippen molar-refractivity contribution in [3.05, 3.63) is 68.7 Å². The van der Waals surface area contributed by atoms with Crippen molar-refractivity contribution in [1.29, 1.82) is 0 Å². The Balaban J connectivity index is 1.34. The van der Waals surface area contributed by atoms with Crippen LogP contribution in [-0.2, 0) is 17.8 Å². The molecule has 2 aromatic carbocycles. The molecular formula is C21H23ClN4O3. The minimum absolute atomic E-state index is 0.0222. The van der Waals surface area contributed by atoms with E-state index >= 15 is 0 Å². The van der Waals surface area contributed by atoms with Crippen molar-refractivity contribution in [3.63, 3.8) is 0 Å². The lowest BCUT2D eigenvalue weighted by Gasteiger charge is -2.37. The van der Waals surface area contributed by atoms with E-state index in [1.165, 1.54) is 17.2 Å². The number of halogens is 1. The van der Waals surface area contributed by atoms with E-state index in [1.54, 1.807) is 12.1 Å². The maximum absolute atomic E-state index is 12.8.